The van der Waals surface area contributed by atoms with Crippen molar-refractivity contribution in [2.75, 3.05) is 11.2 Å². The van der Waals surface area contributed by atoms with Crippen LogP contribution >= 0.6 is 0 Å². The lowest BCUT2D eigenvalue weighted by Crippen LogP contribution is -2.11. The van der Waals surface area contributed by atoms with Gasteiger partial charge in [-0.15, -0.1) is 0 Å². The van der Waals surface area contributed by atoms with Gasteiger partial charge in [-0.25, -0.2) is 0 Å². The molecule has 0 unspecified atom stereocenters. The molecular weight excluding hydrogens is 190 g/mol. The van der Waals surface area contributed by atoms with Gasteiger partial charge in [0.15, 0.2) is 5.75 Å². The Balaban J connectivity index is 1.99. The maximum Gasteiger partial charge on any atom is 0.158 e. The number of aromatic nitrogens is 1. The quantitative estimate of drug-likeness (QED) is 0.708. The Kier molecular flexibility index (Phi) is 2.49. The van der Waals surface area contributed by atoms with E-state index >= 15 is 0 Å². The predicted octanol–water partition coefficient (Wildman–Crippen LogP) is 1.52. The van der Waals surface area contributed by atoms with E-state index in [0.717, 1.165) is 0 Å². The summed E-state index contributed by atoms with van der Waals surface area (Å²) in [6.07, 6.45) is 3.18. The Morgan fingerprint density at radius 2 is 1.93 bits per heavy atom. The number of nitrogens with zero attached hydrogens (tertiary/aromatic N) is 1. The number of rotatable bonds is 3. The maximum atomic E-state index is 9.25. The normalized spacial score (nSPS) is 10.1. The molecule has 0 aliphatic rings. The fourth-order valence-corrected chi connectivity index (χ4v) is 1.33. The molecule has 78 valence electrons. The minimum atomic E-state index is 0.0931. The number of nitrogens with two attached hydrogens (primary N) is 1. The molecule has 0 atom stereocenters. The molecule has 0 saturated carbocycles. The summed E-state index contributed by atoms with van der Waals surface area (Å²) in [5.41, 5.74) is 10.1. The molecule has 0 fully saturated rings. The third-order valence-corrected chi connectivity index (χ3v) is 2.14. The summed E-state index contributed by atoms with van der Waals surface area (Å²) in [7, 11) is 0. The van der Waals surface area contributed by atoms with E-state index in [1.54, 1.807) is 10.9 Å². The predicted molar refractivity (Wildman–Crippen MR) is 60.0 cm³/mol. The van der Waals surface area contributed by atoms with Crippen molar-refractivity contribution < 1.29 is 5.11 Å². The molecule has 1 heterocycles. The molecule has 0 amide bonds. The summed E-state index contributed by atoms with van der Waals surface area (Å²) >= 11 is 0. The lowest BCUT2D eigenvalue weighted by Gasteiger charge is -2.06. The molecule has 2 rings (SSSR count). The van der Waals surface area contributed by atoms with E-state index in [9.17, 15) is 5.11 Å². The molecule has 1 aromatic carbocycles. The molecular formula is C11H13N3O. The first-order chi connectivity index (χ1) is 7.25. The lowest BCUT2D eigenvalue weighted by atomic mass is 10.2. The molecule has 0 spiro atoms. The van der Waals surface area contributed by atoms with Gasteiger partial charge in [-0.05, 0) is 5.56 Å². The van der Waals surface area contributed by atoms with Crippen LogP contribution in [0.3, 0.4) is 0 Å². The number of anilines is 1. The minimum Gasteiger partial charge on any atom is -0.504 e. The number of nitrogen functional groups attached to an aromatic ring is 1. The highest BCUT2D eigenvalue weighted by Crippen LogP contribution is 2.18. The van der Waals surface area contributed by atoms with Gasteiger partial charge in [0.05, 0.1) is 24.6 Å². The highest BCUT2D eigenvalue weighted by Gasteiger charge is 1.99. The monoisotopic (exact) mass is 203 g/mol. The summed E-state index contributed by atoms with van der Waals surface area (Å²) in [6.45, 7) is 0.689. The van der Waals surface area contributed by atoms with Gasteiger partial charge < -0.3 is 16.3 Å². The highest BCUT2D eigenvalue weighted by atomic mass is 16.3. The van der Waals surface area contributed by atoms with Gasteiger partial charge >= 0.3 is 0 Å². The first-order valence-corrected chi connectivity index (χ1v) is 4.70. The third kappa shape index (κ3) is 2.22. The van der Waals surface area contributed by atoms with E-state index in [-0.39, 0.29) is 5.75 Å². The molecule has 15 heavy (non-hydrogen) atoms. The minimum absolute atomic E-state index is 0.0931. The van der Waals surface area contributed by atoms with E-state index in [4.69, 9.17) is 5.73 Å². The summed E-state index contributed by atoms with van der Waals surface area (Å²) in [4.78, 5) is 0. The second-order valence-electron chi connectivity index (χ2n) is 3.33. The van der Waals surface area contributed by atoms with Crippen molar-refractivity contribution in [3.63, 3.8) is 0 Å². The van der Waals surface area contributed by atoms with Crippen LogP contribution in [0, 0.1) is 0 Å². The third-order valence-electron chi connectivity index (χ3n) is 2.14. The Hall–Kier alpha value is -2.10. The van der Waals surface area contributed by atoms with Crippen LogP contribution < -0.4 is 11.2 Å². The average molecular weight is 203 g/mol. The number of aromatic hydroxyl groups is 1. The molecule has 4 nitrogen and oxygen atoms in total. The highest BCUT2D eigenvalue weighted by molar-refractivity contribution is 5.50. The summed E-state index contributed by atoms with van der Waals surface area (Å²) < 4.78 is 1.65. The van der Waals surface area contributed by atoms with E-state index in [2.05, 4.69) is 5.43 Å². The van der Waals surface area contributed by atoms with Crippen molar-refractivity contribution in [2.45, 2.75) is 6.54 Å². The smallest absolute Gasteiger partial charge is 0.158 e. The first-order valence-electron chi connectivity index (χ1n) is 4.70. The second-order valence-corrected chi connectivity index (χ2v) is 3.33. The zero-order chi connectivity index (χ0) is 10.7. The van der Waals surface area contributed by atoms with Crippen LogP contribution in [0.2, 0.25) is 0 Å². The molecule has 2 aromatic rings. The fourth-order valence-electron chi connectivity index (χ4n) is 1.33. The molecule has 0 aliphatic heterocycles. The van der Waals surface area contributed by atoms with Gasteiger partial charge in [-0.2, -0.15) is 0 Å². The largest absolute Gasteiger partial charge is 0.504 e. The van der Waals surface area contributed by atoms with E-state index in [0.29, 0.717) is 12.2 Å². The SMILES string of the molecule is Nc1cn(NCc2ccccc2)cc1O. The van der Waals surface area contributed by atoms with Crippen molar-refractivity contribution in [2.24, 2.45) is 0 Å². The standard InChI is InChI=1S/C11H13N3O/c12-10-7-14(8-11(10)15)13-6-9-4-2-1-3-5-9/h1-5,7-8,13,15H,6,12H2. The van der Waals surface area contributed by atoms with E-state index < -0.39 is 0 Å². The average Bonchev–Trinajstić information content (AvgIpc) is 2.57. The van der Waals surface area contributed by atoms with Crippen molar-refractivity contribution >= 4 is 5.69 Å². The van der Waals surface area contributed by atoms with Crippen LogP contribution in [0.25, 0.3) is 0 Å². The van der Waals surface area contributed by atoms with E-state index in [1.807, 2.05) is 30.3 Å². The Morgan fingerprint density at radius 3 is 2.53 bits per heavy atom. The van der Waals surface area contributed by atoms with Crippen LogP contribution in [0.5, 0.6) is 5.75 Å². The van der Waals surface area contributed by atoms with Crippen LogP contribution in [-0.4, -0.2) is 9.78 Å². The van der Waals surface area contributed by atoms with Crippen molar-refractivity contribution in [3.05, 3.63) is 48.3 Å². The van der Waals surface area contributed by atoms with Crippen molar-refractivity contribution in [1.82, 2.24) is 4.68 Å². The van der Waals surface area contributed by atoms with Gasteiger partial charge in [0.25, 0.3) is 0 Å². The lowest BCUT2D eigenvalue weighted by molar-refractivity contribution is 0.477. The number of hydrogen-bond acceptors (Lipinski definition) is 3. The summed E-state index contributed by atoms with van der Waals surface area (Å²) in [5.74, 6) is 0.0931. The Morgan fingerprint density at radius 1 is 1.20 bits per heavy atom. The number of hydrogen-bond donors (Lipinski definition) is 3. The van der Waals surface area contributed by atoms with Gasteiger partial charge in [0.2, 0.25) is 0 Å². The van der Waals surface area contributed by atoms with Gasteiger partial charge in [0.1, 0.15) is 0 Å². The van der Waals surface area contributed by atoms with Gasteiger partial charge in [-0.3, -0.25) is 4.68 Å². The Bertz CT molecular complexity index is 417. The summed E-state index contributed by atoms with van der Waals surface area (Å²) in [5, 5.41) is 9.25. The molecule has 4 N–H and O–H groups in total. The molecule has 0 saturated heterocycles. The van der Waals surface area contributed by atoms with Crippen LogP contribution in [-0.2, 0) is 6.54 Å². The van der Waals surface area contributed by atoms with Crippen molar-refractivity contribution in [1.29, 1.82) is 0 Å². The van der Waals surface area contributed by atoms with Crippen LogP contribution in [0.15, 0.2) is 42.7 Å². The summed E-state index contributed by atoms with van der Waals surface area (Å²) in [6, 6.07) is 10.00. The zero-order valence-corrected chi connectivity index (χ0v) is 8.22. The topological polar surface area (TPSA) is 63.2 Å². The van der Waals surface area contributed by atoms with Gasteiger partial charge in [-0.1, -0.05) is 30.3 Å². The van der Waals surface area contributed by atoms with Crippen molar-refractivity contribution in [3.8, 4) is 5.75 Å². The Labute approximate surface area is 87.9 Å². The zero-order valence-electron chi connectivity index (χ0n) is 8.22. The first kappa shape index (κ1) is 9.45. The maximum absolute atomic E-state index is 9.25. The molecule has 1 aromatic heterocycles. The van der Waals surface area contributed by atoms with Crippen LogP contribution in [0.4, 0.5) is 5.69 Å². The molecule has 4 heteroatoms. The molecule has 0 radical (unpaired) electrons. The van der Waals surface area contributed by atoms with Gasteiger partial charge in [0, 0.05) is 0 Å². The molecule has 0 aliphatic carbocycles. The number of benzene rings is 1. The molecule has 0 bridgehead atoms. The fraction of sp³-hybridized carbons (Fsp3) is 0.0909. The second kappa shape index (κ2) is 3.96. The van der Waals surface area contributed by atoms with E-state index in [1.165, 1.54) is 11.8 Å². The van der Waals surface area contributed by atoms with Crippen LogP contribution in [0.1, 0.15) is 5.56 Å². The number of nitrogens with one attached hydrogen (secondary N) is 1.